The minimum atomic E-state index is -2.11. The second-order valence-corrected chi connectivity index (χ2v) is 18.0. The van der Waals surface area contributed by atoms with Crippen LogP contribution >= 0.6 is 27.5 Å². The molecule has 0 spiro atoms. The number of rotatable bonds is 10. The summed E-state index contributed by atoms with van der Waals surface area (Å²) < 4.78 is 46.7. The van der Waals surface area contributed by atoms with Crippen molar-refractivity contribution in [2.45, 2.75) is 64.0 Å². The summed E-state index contributed by atoms with van der Waals surface area (Å²) in [5.41, 5.74) is 0.937. The summed E-state index contributed by atoms with van der Waals surface area (Å²) in [4.78, 5) is 23.8. The van der Waals surface area contributed by atoms with Crippen LogP contribution < -0.4 is 14.8 Å². The molecule has 0 saturated carbocycles. The molecule has 1 saturated heterocycles. The van der Waals surface area contributed by atoms with Gasteiger partial charge in [-0.15, -0.1) is 0 Å². The molecule has 1 N–H and O–H groups in total. The number of methoxy groups -OCH3 is 1. The number of carbonyl (C=O) groups excluding carboxylic acids is 1. The molecule has 0 aliphatic carbocycles. The molecule has 2 aromatic carbocycles. The average molecular weight is 712 g/mol. The lowest BCUT2D eigenvalue weighted by atomic mass is 10.1. The molecule has 1 fully saturated rings. The van der Waals surface area contributed by atoms with Crippen LogP contribution in [0.15, 0.2) is 42.7 Å². The molecule has 0 radical (unpaired) electrons. The van der Waals surface area contributed by atoms with Crippen molar-refractivity contribution in [3.8, 4) is 11.5 Å². The van der Waals surface area contributed by atoms with Crippen LogP contribution in [0.3, 0.4) is 0 Å². The summed E-state index contributed by atoms with van der Waals surface area (Å²) in [6.45, 7) is 15.9. The van der Waals surface area contributed by atoms with Crippen molar-refractivity contribution in [1.82, 2.24) is 14.9 Å². The first-order valence-corrected chi connectivity index (χ1v) is 18.7. The molecule has 1 aliphatic heterocycles. The van der Waals surface area contributed by atoms with Crippen LogP contribution in [0.2, 0.25) is 23.2 Å². The van der Waals surface area contributed by atoms with E-state index < -0.39 is 31.1 Å². The molecule has 13 heteroatoms. The fourth-order valence-corrected chi connectivity index (χ4v) is 6.81. The molecule has 8 nitrogen and oxygen atoms in total. The van der Waals surface area contributed by atoms with Gasteiger partial charge in [-0.1, -0.05) is 54.9 Å². The summed E-state index contributed by atoms with van der Waals surface area (Å²) >= 11 is 9.28. The van der Waals surface area contributed by atoms with Crippen LogP contribution in [-0.4, -0.2) is 66.8 Å². The number of anilines is 2. The molecule has 1 aromatic heterocycles. The molecular formula is C31H38BrClF2N4O4Si. The van der Waals surface area contributed by atoms with E-state index in [2.05, 4.69) is 71.7 Å². The maximum absolute atomic E-state index is 14.6. The van der Waals surface area contributed by atoms with Crippen LogP contribution in [0.4, 0.5) is 20.3 Å². The molecule has 1 amide bonds. The number of alkyl halides is 1. The smallest absolute Gasteiger partial charge is 0.251 e. The van der Waals surface area contributed by atoms with E-state index in [1.54, 1.807) is 17.0 Å². The van der Waals surface area contributed by atoms with Gasteiger partial charge in [-0.3, -0.25) is 4.79 Å². The van der Waals surface area contributed by atoms with Gasteiger partial charge in [-0.2, -0.15) is 0 Å². The number of likely N-dealkylation sites (tertiary alicyclic amines) is 1. The first-order chi connectivity index (χ1) is 20.7. The molecule has 2 heterocycles. The molecule has 0 bridgehead atoms. The third kappa shape index (κ3) is 7.35. The van der Waals surface area contributed by atoms with Gasteiger partial charge in [0.1, 0.15) is 29.1 Å². The van der Waals surface area contributed by atoms with E-state index in [9.17, 15) is 13.6 Å². The third-order valence-corrected chi connectivity index (χ3v) is 13.7. The Morgan fingerprint density at radius 3 is 2.50 bits per heavy atom. The van der Waals surface area contributed by atoms with Crippen molar-refractivity contribution in [2.75, 3.05) is 30.8 Å². The van der Waals surface area contributed by atoms with E-state index in [0.717, 1.165) is 6.07 Å². The summed E-state index contributed by atoms with van der Waals surface area (Å²) in [6.07, 6.45) is 1.92. The number of fused-ring (bicyclic) bond motifs is 1. The predicted molar refractivity (Wildman–Crippen MR) is 176 cm³/mol. The quantitative estimate of drug-likeness (QED) is 0.0987. The van der Waals surface area contributed by atoms with Gasteiger partial charge in [0.2, 0.25) is 0 Å². The topological polar surface area (TPSA) is 85.8 Å². The zero-order valence-corrected chi connectivity index (χ0v) is 29.1. The van der Waals surface area contributed by atoms with Gasteiger partial charge in [-0.05, 0) is 36.3 Å². The Balaban J connectivity index is 1.47. The summed E-state index contributed by atoms with van der Waals surface area (Å²) in [5.74, 6) is -0.705. The van der Waals surface area contributed by atoms with Crippen molar-refractivity contribution in [3.63, 3.8) is 0 Å². The molecule has 1 aliphatic rings. The van der Waals surface area contributed by atoms with E-state index in [0.29, 0.717) is 59.2 Å². The maximum atomic E-state index is 14.6. The van der Waals surface area contributed by atoms with E-state index in [-0.39, 0.29) is 28.6 Å². The Bertz CT molecular complexity index is 1550. The van der Waals surface area contributed by atoms with Crippen LogP contribution in [0.5, 0.6) is 11.5 Å². The maximum Gasteiger partial charge on any atom is 0.251 e. The highest BCUT2D eigenvalue weighted by molar-refractivity contribution is 9.09. The number of nitrogens with zero attached hydrogens (tertiary/aromatic N) is 3. The van der Waals surface area contributed by atoms with Gasteiger partial charge in [0.25, 0.3) is 5.91 Å². The van der Waals surface area contributed by atoms with Gasteiger partial charge in [0.05, 0.1) is 24.4 Å². The number of nitrogens with one attached hydrogen (secondary N) is 1. The first-order valence-electron chi connectivity index (χ1n) is 14.3. The molecule has 1 atom stereocenters. The lowest BCUT2D eigenvalue weighted by Gasteiger charge is -2.40. The average Bonchev–Trinajstić information content (AvgIpc) is 2.99. The van der Waals surface area contributed by atoms with Crippen molar-refractivity contribution >= 4 is 64.2 Å². The van der Waals surface area contributed by atoms with Crippen molar-refractivity contribution in [1.29, 1.82) is 0 Å². The first kappa shape index (κ1) is 34.1. The number of halogens is 4. The second kappa shape index (κ2) is 13.7. The Morgan fingerprint density at radius 2 is 1.89 bits per heavy atom. The van der Waals surface area contributed by atoms with E-state index in [4.69, 9.17) is 25.5 Å². The van der Waals surface area contributed by atoms with Gasteiger partial charge < -0.3 is 24.1 Å². The number of carbonyl (C=O) groups is 1. The lowest BCUT2D eigenvalue weighted by molar-refractivity contribution is -0.129. The van der Waals surface area contributed by atoms with Gasteiger partial charge >= 0.3 is 0 Å². The molecule has 238 valence electrons. The largest absolute Gasteiger partial charge is 0.493 e. The van der Waals surface area contributed by atoms with E-state index in [1.807, 2.05) is 0 Å². The molecule has 3 aromatic rings. The van der Waals surface area contributed by atoms with Crippen molar-refractivity contribution in [3.05, 3.63) is 59.4 Å². The van der Waals surface area contributed by atoms with Crippen molar-refractivity contribution in [2.24, 2.45) is 0 Å². The summed E-state index contributed by atoms with van der Waals surface area (Å²) in [5, 5.41) is 3.30. The zero-order chi connectivity index (χ0) is 32.4. The SMILES string of the molecule is C=C(C(=O)N1CCC(Oc2cc3c(Nc4ccc(F)c(Cl)c4F)ncnc3cc2OC)CC1)C(CBr)O[Si](C)(C)C(C)(C)C. The summed E-state index contributed by atoms with van der Waals surface area (Å²) in [6, 6.07) is 5.74. The summed E-state index contributed by atoms with van der Waals surface area (Å²) in [7, 11) is -0.579. The normalized spacial score (nSPS) is 15.3. The Labute approximate surface area is 271 Å². The highest BCUT2D eigenvalue weighted by Gasteiger charge is 2.40. The number of hydrogen-bond acceptors (Lipinski definition) is 7. The number of ether oxygens (including phenoxy) is 2. The van der Waals surface area contributed by atoms with E-state index in [1.165, 1.54) is 19.5 Å². The van der Waals surface area contributed by atoms with Crippen LogP contribution in [0, 0.1) is 11.6 Å². The third-order valence-electron chi connectivity index (χ3n) is 8.28. The monoisotopic (exact) mass is 710 g/mol. The standard InChI is InChI=1S/C31H38BrClF2N4O4Si/c1-18(26(16-32)43-44(6,7)31(2,3)4)30(40)39-12-10-19(11-13-39)42-25-14-20-23(15-24(25)41-5)36-17-37-29(20)38-22-9-8-21(34)27(33)28(22)35/h8-9,14-15,17,19,26H,1,10-13,16H2,2-7H3,(H,36,37,38). The van der Waals surface area contributed by atoms with E-state index >= 15 is 0 Å². The van der Waals surface area contributed by atoms with Gasteiger partial charge in [-0.25, -0.2) is 18.7 Å². The fraction of sp³-hybridized carbons (Fsp3) is 0.452. The number of piperidine rings is 1. The molecular weight excluding hydrogens is 674 g/mol. The second-order valence-electron chi connectivity index (χ2n) is 12.2. The Hall–Kier alpha value is -2.80. The highest BCUT2D eigenvalue weighted by Crippen LogP contribution is 2.39. The number of benzene rings is 2. The van der Waals surface area contributed by atoms with Crippen LogP contribution in [0.1, 0.15) is 33.6 Å². The zero-order valence-electron chi connectivity index (χ0n) is 25.8. The molecule has 4 rings (SSSR count). The number of aromatic nitrogens is 2. The van der Waals surface area contributed by atoms with Crippen LogP contribution in [-0.2, 0) is 9.22 Å². The highest BCUT2D eigenvalue weighted by atomic mass is 79.9. The van der Waals surface area contributed by atoms with Crippen LogP contribution in [0.25, 0.3) is 10.9 Å². The minimum absolute atomic E-state index is 0.00404. The minimum Gasteiger partial charge on any atom is -0.493 e. The Morgan fingerprint density at radius 1 is 1.20 bits per heavy atom. The van der Waals surface area contributed by atoms with Gasteiger partial charge in [0.15, 0.2) is 25.6 Å². The Kier molecular flexibility index (Phi) is 10.6. The fourth-order valence-electron chi connectivity index (χ4n) is 4.59. The number of amides is 1. The predicted octanol–water partition coefficient (Wildman–Crippen LogP) is 8.02. The number of hydrogen-bond donors (Lipinski definition) is 1. The molecule has 1 unspecified atom stereocenters. The van der Waals surface area contributed by atoms with Crippen molar-refractivity contribution < 1.29 is 27.5 Å². The van der Waals surface area contributed by atoms with Gasteiger partial charge in [0, 0.05) is 48.3 Å². The molecule has 44 heavy (non-hydrogen) atoms. The lowest BCUT2D eigenvalue weighted by Crippen LogP contribution is -2.48.